The number of para-hydroxylation sites is 1. The number of carboxylic acid groups (broad SMARTS) is 1. The number of amides is 1. The van der Waals surface area contributed by atoms with Crippen LogP contribution in [0.3, 0.4) is 0 Å². The summed E-state index contributed by atoms with van der Waals surface area (Å²) in [6, 6.07) is 7.36. The molecular weight excluding hydrogens is 300 g/mol. The molecule has 1 aliphatic rings. The van der Waals surface area contributed by atoms with Gasteiger partial charge >= 0.3 is 5.97 Å². The molecule has 18 heavy (non-hydrogen) atoms. The van der Waals surface area contributed by atoms with Gasteiger partial charge in [-0.3, -0.25) is 14.5 Å². The van der Waals surface area contributed by atoms with Crippen molar-refractivity contribution in [2.24, 2.45) is 5.92 Å². The van der Waals surface area contributed by atoms with E-state index < -0.39 is 5.97 Å². The maximum atomic E-state index is 11.7. The summed E-state index contributed by atoms with van der Waals surface area (Å²) in [4.78, 5) is 24.1. The molecule has 2 rings (SSSR count). The number of halogens is 1. The molecule has 1 heterocycles. The third kappa shape index (κ3) is 3.08. The van der Waals surface area contributed by atoms with E-state index in [1.807, 2.05) is 23.1 Å². The van der Waals surface area contributed by atoms with Crippen molar-refractivity contribution < 1.29 is 14.7 Å². The summed E-state index contributed by atoms with van der Waals surface area (Å²) in [5.41, 5.74) is 0.720. The van der Waals surface area contributed by atoms with Gasteiger partial charge in [-0.25, -0.2) is 0 Å². The Bertz CT molecular complexity index is 472. The standard InChI is InChI=1S/C12H13BrN2O3/c13-9-3-1-2-4-10(9)14-11(16)7-15-5-8(6-15)12(17)18/h1-4,8H,5-7H2,(H,14,16)(H,17,18). The number of carboxylic acids is 1. The van der Waals surface area contributed by atoms with Crippen molar-refractivity contribution in [1.29, 1.82) is 0 Å². The molecule has 0 aliphatic carbocycles. The Labute approximate surface area is 113 Å². The summed E-state index contributed by atoms with van der Waals surface area (Å²) in [5.74, 6) is -1.26. The van der Waals surface area contributed by atoms with Gasteiger partial charge < -0.3 is 10.4 Å². The lowest BCUT2D eigenvalue weighted by atomic mass is 10.0. The average Bonchev–Trinajstić information content (AvgIpc) is 2.25. The van der Waals surface area contributed by atoms with E-state index in [1.54, 1.807) is 6.07 Å². The second-order valence-corrected chi connectivity index (χ2v) is 5.11. The van der Waals surface area contributed by atoms with Crippen molar-refractivity contribution in [2.45, 2.75) is 0 Å². The van der Waals surface area contributed by atoms with Gasteiger partial charge in [-0.05, 0) is 28.1 Å². The van der Waals surface area contributed by atoms with E-state index in [0.29, 0.717) is 13.1 Å². The topological polar surface area (TPSA) is 69.6 Å². The molecule has 0 aromatic heterocycles. The zero-order chi connectivity index (χ0) is 13.1. The van der Waals surface area contributed by atoms with Crippen LogP contribution in [0.25, 0.3) is 0 Å². The molecule has 96 valence electrons. The van der Waals surface area contributed by atoms with E-state index >= 15 is 0 Å². The molecule has 1 aliphatic heterocycles. The van der Waals surface area contributed by atoms with Gasteiger partial charge in [-0.2, -0.15) is 0 Å². The number of carbonyl (C=O) groups is 2. The first kappa shape index (κ1) is 13.0. The van der Waals surface area contributed by atoms with Crippen LogP contribution >= 0.6 is 15.9 Å². The largest absolute Gasteiger partial charge is 0.481 e. The zero-order valence-electron chi connectivity index (χ0n) is 9.60. The van der Waals surface area contributed by atoms with Crippen molar-refractivity contribution in [3.05, 3.63) is 28.7 Å². The number of carbonyl (C=O) groups excluding carboxylic acids is 1. The summed E-state index contributed by atoms with van der Waals surface area (Å²) in [6.07, 6.45) is 0. The Morgan fingerprint density at radius 2 is 2.06 bits per heavy atom. The highest BCUT2D eigenvalue weighted by Crippen LogP contribution is 2.21. The van der Waals surface area contributed by atoms with E-state index in [9.17, 15) is 9.59 Å². The van der Waals surface area contributed by atoms with Crippen LogP contribution in [0, 0.1) is 5.92 Å². The molecule has 0 atom stereocenters. The molecule has 0 unspecified atom stereocenters. The van der Waals surface area contributed by atoms with Crippen LogP contribution < -0.4 is 5.32 Å². The maximum absolute atomic E-state index is 11.7. The van der Waals surface area contributed by atoms with Gasteiger partial charge in [-0.1, -0.05) is 12.1 Å². The second-order valence-electron chi connectivity index (χ2n) is 4.26. The van der Waals surface area contributed by atoms with Gasteiger partial charge in [-0.15, -0.1) is 0 Å². The number of hydrogen-bond acceptors (Lipinski definition) is 3. The summed E-state index contributed by atoms with van der Waals surface area (Å²) in [5, 5.41) is 11.5. The first-order valence-electron chi connectivity index (χ1n) is 5.56. The fourth-order valence-corrected chi connectivity index (χ4v) is 2.19. The molecular formula is C12H13BrN2O3. The van der Waals surface area contributed by atoms with Crippen molar-refractivity contribution in [1.82, 2.24) is 4.90 Å². The molecule has 0 radical (unpaired) electrons. The van der Waals surface area contributed by atoms with E-state index in [0.717, 1.165) is 10.2 Å². The smallest absolute Gasteiger partial charge is 0.309 e. The van der Waals surface area contributed by atoms with E-state index in [2.05, 4.69) is 21.2 Å². The van der Waals surface area contributed by atoms with E-state index in [4.69, 9.17) is 5.11 Å². The normalized spacial score (nSPS) is 16.1. The Balaban J connectivity index is 1.80. The molecule has 0 bridgehead atoms. The van der Waals surface area contributed by atoms with Gasteiger partial charge in [0.05, 0.1) is 18.2 Å². The highest BCUT2D eigenvalue weighted by Gasteiger charge is 2.33. The molecule has 1 amide bonds. The minimum absolute atomic E-state index is 0.134. The van der Waals surface area contributed by atoms with Crippen LogP contribution in [0.1, 0.15) is 0 Å². The SMILES string of the molecule is O=C(CN1CC(C(=O)O)C1)Nc1ccccc1Br. The number of anilines is 1. The maximum Gasteiger partial charge on any atom is 0.309 e. The van der Waals surface area contributed by atoms with Crippen molar-refractivity contribution in [2.75, 3.05) is 25.0 Å². The minimum Gasteiger partial charge on any atom is -0.481 e. The van der Waals surface area contributed by atoms with Gasteiger partial charge in [0.15, 0.2) is 0 Å². The van der Waals surface area contributed by atoms with Crippen molar-refractivity contribution >= 4 is 33.5 Å². The molecule has 2 N–H and O–H groups in total. The third-order valence-corrected chi connectivity index (χ3v) is 3.51. The Morgan fingerprint density at radius 1 is 1.39 bits per heavy atom. The number of rotatable bonds is 4. The van der Waals surface area contributed by atoms with Crippen LogP contribution in [-0.4, -0.2) is 41.5 Å². The molecule has 1 saturated heterocycles. The molecule has 1 fully saturated rings. The van der Waals surface area contributed by atoms with Gasteiger partial charge in [0.2, 0.25) is 5.91 Å². The van der Waals surface area contributed by atoms with Crippen LogP contribution in [0.5, 0.6) is 0 Å². The van der Waals surface area contributed by atoms with Crippen molar-refractivity contribution in [3.8, 4) is 0 Å². The Kier molecular flexibility index (Phi) is 3.98. The fourth-order valence-electron chi connectivity index (χ4n) is 1.81. The Hall–Kier alpha value is -1.40. The lowest BCUT2D eigenvalue weighted by Crippen LogP contribution is -2.52. The monoisotopic (exact) mass is 312 g/mol. The quantitative estimate of drug-likeness (QED) is 0.882. The van der Waals surface area contributed by atoms with Crippen LogP contribution in [0.4, 0.5) is 5.69 Å². The highest BCUT2D eigenvalue weighted by atomic mass is 79.9. The summed E-state index contributed by atoms with van der Waals surface area (Å²) < 4.78 is 0.824. The summed E-state index contributed by atoms with van der Waals surface area (Å²) >= 11 is 3.34. The number of likely N-dealkylation sites (tertiary alicyclic amines) is 1. The number of hydrogen-bond donors (Lipinski definition) is 2. The molecule has 1 aromatic rings. The summed E-state index contributed by atoms with van der Waals surface area (Å²) in [7, 11) is 0. The predicted molar refractivity (Wildman–Crippen MR) is 70.3 cm³/mol. The fraction of sp³-hybridized carbons (Fsp3) is 0.333. The number of nitrogens with zero attached hydrogens (tertiary/aromatic N) is 1. The molecule has 1 aromatic carbocycles. The first-order valence-corrected chi connectivity index (χ1v) is 6.35. The summed E-state index contributed by atoms with van der Waals surface area (Å²) in [6.45, 7) is 1.11. The van der Waals surface area contributed by atoms with Crippen molar-refractivity contribution in [3.63, 3.8) is 0 Å². The minimum atomic E-state index is -0.794. The number of aliphatic carboxylic acids is 1. The molecule has 6 heteroatoms. The van der Waals surface area contributed by atoms with Crippen LogP contribution in [0.15, 0.2) is 28.7 Å². The van der Waals surface area contributed by atoms with Gasteiger partial charge in [0.25, 0.3) is 0 Å². The molecule has 0 spiro atoms. The lowest BCUT2D eigenvalue weighted by molar-refractivity contribution is -0.148. The van der Waals surface area contributed by atoms with E-state index in [1.165, 1.54) is 0 Å². The third-order valence-electron chi connectivity index (χ3n) is 2.82. The Morgan fingerprint density at radius 3 is 2.67 bits per heavy atom. The number of nitrogens with one attached hydrogen (secondary N) is 1. The number of benzene rings is 1. The van der Waals surface area contributed by atoms with Gasteiger partial charge in [0.1, 0.15) is 0 Å². The van der Waals surface area contributed by atoms with Crippen LogP contribution in [-0.2, 0) is 9.59 Å². The molecule has 5 nitrogen and oxygen atoms in total. The highest BCUT2D eigenvalue weighted by molar-refractivity contribution is 9.10. The second kappa shape index (κ2) is 5.49. The first-order chi connectivity index (χ1) is 8.56. The average molecular weight is 313 g/mol. The lowest BCUT2D eigenvalue weighted by Gasteiger charge is -2.35. The van der Waals surface area contributed by atoms with Crippen LogP contribution in [0.2, 0.25) is 0 Å². The predicted octanol–water partition coefficient (Wildman–Crippen LogP) is 1.40. The zero-order valence-corrected chi connectivity index (χ0v) is 11.2. The van der Waals surface area contributed by atoms with Gasteiger partial charge in [0, 0.05) is 17.6 Å². The van der Waals surface area contributed by atoms with E-state index in [-0.39, 0.29) is 18.4 Å². The molecule has 0 saturated carbocycles.